The molecule has 0 saturated carbocycles. The van der Waals surface area contributed by atoms with Gasteiger partial charge in [-0.1, -0.05) is 18.2 Å². The summed E-state index contributed by atoms with van der Waals surface area (Å²) in [5.74, 6) is -1.66. The summed E-state index contributed by atoms with van der Waals surface area (Å²) in [6.07, 6.45) is 1.22. The number of hydrogen-bond acceptors (Lipinski definition) is 8. The molecule has 1 N–H and O–H groups in total. The van der Waals surface area contributed by atoms with Crippen LogP contribution < -0.4 is 5.32 Å². The third-order valence-electron chi connectivity index (χ3n) is 5.93. The first-order valence-electron chi connectivity index (χ1n) is 12.8. The highest BCUT2D eigenvalue weighted by atomic mass is 32.2. The van der Waals surface area contributed by atoms with Crippen LogP contribution in [0.15, 0.2) is 41.6 Å². The molecule has 3 amide bonds. The van der Waals surface area contributed by atoms with Crippen LogP contribution in [0.1, 0.15) is 58.8 Å². The summed E-state index contributed by atoms with van der Waals surface area (Å²) >= 11 is 1.29. The fraction of sp³-hybridized carbons (Fsp3) is 0.571. The third kappa shape index (κ3) is 8.22. The van der Waals surface area contributed by atoms with E-state index < -0.39 is 40.9 Å². The number of esters is 1. The number of amides is 3. The molecule has 2 atom stereocenters. The summed E-state index contributed by atoms with van der Waals surface area (Å²) < 4.78 is 16.6. The average Bonchev–Trinajstić information content (AvgIpc) is 2.87. The van der Waals surface area contributed by atoms with Gasteiger partial charge in [0.1, 0.15) is 23.7 Å². The Kier molecular flexibility index (Phi) is 11.4. The van der Waals surface area contributed by atoms with Crippen molar-refractivity contribution in [2.45, 2.75) is 77.6 Å². The number of carbonyl (C=O) groups excluding carboxylic acids is 4. The van der Waals surface area contributed by atoms with Gasteiger partial charge >= 0.3 is 12.1 Å². The number of methoxy groups -OCH3 is 1. The van der Waals surface area contributed by atoms with Gasteiger partial charge in [-0.3, -0.25) is 14.5 Å². The van der Waals surface area contributed by atoms with Crippen LogP contribution in [-0.4, -0.2) is 89.4 Å². The highest BCUT2D eigenvalue weighted by Gasteiger charge is 2.52. The maximum Gasteiger partial charge on any atom is 0.410 e. The molecule has 1 heterocycles. The van der Waals surface area contributed by atoms with Crippen molar-refractivity contribution >= 4 is 35.6 Å². The Morgan fingerprint density at radius 1 is 1.05 bits per heavy atom. The van der Waals surface area contributed by atoms with E-state index in [1.807, 2.05) is 48.5 Å². The van der Waals surface area contributed by atoms with Crippen LogP contribution in [0.5, 0.6) is 0 Å². The lowest BCUT2D eigenvalue weighted by molar-refractivity contribution is -0.150. The quantitative estimate of drug-likeness (QED) is 0.246. The van der Waals surface area contributed by atoms with Crippen LogP contribution in [-0.2, 0) is 23.8 Å². The molecule has 1 aromatic carbocycles. The minimum Gasteiger partial charge on any atom is -0.464 e. The normalized spacial score (nSPS) is 17.9. The van der Waals surface area contributed by atoms with Crippen molar-refractivity contribution in [2.24, 2.45) is 0 Å². The highest BCUT2D eigenvalue weighted by molar-refractivity contribution is 7.99. The molecule has 1 aliphatic heterocycles. The standard InChI is InChI=1S/C28H41N3O7S/c1-17(2)30(18(3)4)27(35)37-15-20(16-38-28(5,6)7)22(26(34)36-8)31-24(33)21(25(31)39-9)29-23(32)19-13-11-10-12-14-19/h10-14,17-18,21,25H,15-16H2,1-9H3,(H,29,32)/b22-20+/t21-,25+/m0/s1. The number of rotatable bonds is 11. The zero-order valence-corrected chi connectivity index (χ0v) is 25.1. The molecule has 10 nitrogen and oxygen atoms in total. The van der Waals surface area contributed by atoms with Crippen LogP contribution in [0, 0.1) is 0 Å². The molecule has 0 unspecified atom stereocenters. The molecule has 0 bridgehead atoms. The Morgan fingerprint density at radius 2 is 1.64 bits per heavy atom. The fourth-order valence-electron chi connectivity index (χ4n) is 4.12. The largest absolute Gasteiger partial charge is 0.464 e. The Hall–Kier alpha value is -3.05. The number of thioether (sulfide) groups is 1. The van der Waals surface area contributed by atoms with E-state index in [1.165, 1.54) is 23.8 Å². The summed E-state index contributed by atoms with van der Waals surface area (Å²) in [4.78, 5) is 55.0. The second-order valence-electron chi connectivity index (χ2n) is 10.6. The molecule has 1 fully saturated rings. The fourth-order valence-corrected chi connectivity index (χ4v) is 5.00. The second-order valence-corrected chi connectivity index (χ2v) is 11.6. The van der Waals surface area contributed by atoms with Crippen LogP contribution in [0.3, 0.4) is 0 Å². The summed E-state index contributed by atoms with van der Waals surface area (Å²) in [5.41, 5.74) is 0.0450. The van der Waals surface area contributed by atoms with Gasteiger partial charge in [0.25, 0.3) is 11.8 Å². The zero-order valence-electron chi connectivity index (χ0n) is 24.3. The maximum absolute atomic E-state index is 13.4. The number of likely N-dealkylation sites (tertiary alicyclic amines) is 1. The minimum atomic E-state index is -0.864. The lowest BCUT2D eigenvalue weighted by Crippen LogP contribution is -2.69. The van der Waals surface area contributed by atoms with Gasteiger partial charge in [-0.25, -0.2) is 9.59 Å². The van der Waals surface area contributed by atoms with Gasteiger partial charge in [0.05, 0.1) is 19.3 Å². The molecule has 39 heavy (non-hydrogen) atoms. The zero-order chi connectivity index (χ0) is 29.5. The molecule has 0 aromatic heterocycles. The van der Waals surface area contributed by atoms with E-state index in [1.54, 1.807) is 41.5 Å². The van der Waals surface area contributed by atoms with Gasteiger partial charge < -0.3 is 24.4 Å². The van der Waals surface area contributed by atoms with Crippen molar-refractivity contribution in [1.82, 2.24) is 15.1 Å². The first-order chi connectivity index (χ1) is 18.2. The Labute approximate surface area is 235 Å². The summed E-state index contributed by atoms with van der Waals surface area (Å²) in [7, 11) is 1.21. The van der Waals surface area contributed by atoms with E-state index in [4.69, 9.17) is 14.2 Å². The van der Waals surface area contributed by atoms with Crippen LogP contribution in [0.4, 0.5) is 4.79 Å². The molecule has 1 saturated heterocycles. The lowest BCUT2D eigenvalue weighted by Gasteiger charge is -2.47. The van der Waals surface area contributed by atoms with E-state index in [0.29, 0.717) is 5.56 Å². The van der Waals surface area contributed by atoms with Crippen molar-refractivity contribution in [3.8, 4) is 0 Å². The topological polar surface area (TPSA) is 114 Å². The number of nitrogens with zero attached hydrogens (tertiary/aromatic N) is 2. The molecule has 2 rings (SSSR count). The lowest BCUT2D eigenvalue weighted by atomic mass is 10.0. The SMILES string of the molecule is COC(=O)/C(=C(/COC(=O)N(C(C)C)C(C)C)COC(C)(C)C)N1C(=O)[C@H](NC(=O)c2ccccc2)[C@H]1SC. The maximum atomic E-state index is 13.4. The smallest absolute Gasteiger partial charge is 0.410 e. The van der Waals surface area contributed by atoms with E-state index in [-0.39, 0.29) is 36.6 Å². The van der Waals surface area contributed by atoms with Crippen molar-refractivity contribution in [3.63, 3.8) is 0 Å². The molecule has 1 aliphatic rings. The van der Waals surface area contributed by atoms with Crippen molar-refractivity contribution in [1.29, 1.82) is 0 Å². The molecular weight excluding hydrogens is 522 g/mol. The molecular formula is C28H41N3O7S. The van der Waals surface area contributed by atoms with Gasteiger partial charge in [0, 0.05) is 23.2 Å². The molecule has 0 spiro atoms. The van der Waals surface area contributed by atoms with Gasteiger partial charge in [0.2, 0.25) is 0 Å². The molecule has 0 aliphatic carbocycles. The van der Waals surface area contributed by atoms with E-state index in [9.17, 15) is 19.2 Å². The Bertz CT molecular complexity index is 1060. The predicted molar refractivity (Wildman–Crippen MR) is 150 cm³/mol. The van der Waals surface area contributed by atoms with Gasteiger partial charge in [0.15, 0.2) is 0 Å². The molecule has 0 radical (unpaired) electrons. The van der Waals surface area contributed by atoms with E-state index in [0.717, 1.165) is 0 Å². The summed E-state index contributed by atoms with van der Waals surface area (Å²) in [6, 6.07) is 7.48. The van der Waals surface area contributed by atoms with Crippen molar-refractivity contribution in [3.05, 3.63) is 47.2 Å². The number of carbonyl (C=O) groups is 4. The van der Waals surface area contributed by atoms with Crippen molar-refractivity contribution < 1.29 is 33.4 Å². The number of benzene rings is 1. The van der Waals surface area contributed by atoms with E-state index in [2.05, 4.69) is 5.32 Å². The van der Waals surface area contributed by atoms with Crippen LogP contribution in [0.25, 0.3) is 0 Å². The molecule has 1 aromatic rings. The minimum absolute atomic E-state index is 0.0650. The first-order valence-corrected chi connectivity index (χ1v) is 14.1. The van der Waals surface area contributed by atoms with Crippen LogP contribution >= 0.6 is 11.8 Å². The monoisotopic (exact) mass is 563 g/mol. The van der Waals surface area contributed by atoms with Crippen LogP contribution in [0.2, 0.25) is 0 Å². The van der Waals surface area contributed by atoms with Gasteiger partial charge in [-0.05, 0) is 66.9 Å². The molecule has 216 valence electrons. The number of ether oxygens (including phenoxy) is 3. The Balaban J connectivity index is 2.42. The predicted octanol–water partition coefficient (Wildman–Crippen LogP) is 3.81. The van der Waals surface area contributed by atoms with E-state index >= 15 is 0 Å². The number of nitrogens with one attached hydrogen (secondary N) is 1. The number of hydrogen-bond donors (Lipinski definition) is 1. The highest BCUT2D eigenvalue weighted by Crippen LogP contribution is 2.35. The summed E-state index contributed by atoms with van der Waals surface area (Å²) in [6.45, 7) is 12.7. The molecule has 11 heteroatoms. The number of β-lactam (4-membered cyclic amide) rings is 1. The third-order valence-corrected chi connectivity index (χ3v) is 6.90. The second kappa shape index (κ2) is 13.8. The van der Waals surface area contributed by atoms with Gasteiger partial charge in [-0.15, -0.1) is 11.8 Å². The van der Waals surface area contributed by atoms with Gasteiger partial charge in [-0.2, -0.15) is 0 Å². The Morgan fingerprint density at radius 3 is 2.13 bits per heavy atom. The summed E-state index contributed by atoms with van der Waals surface area (Å²) in [5, 5.41) is 2.17. The first kappa shape index (κ1) is 32.2. The van der Waals surface area contributed by atoms with Crippen molar-refractivity contribution in [2.75, 3.05) is 26.6 Å². The average molecular weight is 564 g/mol.